The normalized spacial score (nSPS) is 16.3. The van der Waals surface area contributed by atoms with Gasteiger partial charge in [0.15, 0.2) is 11.4 Å². The first-order valence-electron chi connectivity index (χ1n) is 14.4. The van der Waals surface area contributed by atoms with Crippen molar-refractivity contribution in [2.45, 2.75) is 12.6 Å². The standard InChI is InChI=1S/C28H32F3N11O3/c1-39-7-9-41(10-8-39)23-4-3-19(15-21(23)35-26(43)20-17-34-24(16-32)36-25(20)28(29,30)31)42-18-22(37-38-42)27(44)33-5-2-6-40-11-13-45-14-12-40/h3-4,15,17-18H,2,5-14H2,1H3,(H,33,44)(H,35,43). The number of anilines is 2. The van der Waals surface area contributed by atoms with E-state index in [9.17, 15) is 22.8 Å². The Bertz CT molecular complexity index is 1560. The van der Waals surface area contributed by atoms with Gasteiger partial charge in [-0.05, 0) is 38.2 Å². The van der Waals surface area contributed by atoms with Gasteiger partial charge in [0.1, 0.15) is 6.07 Å². The zero-order chi connectivity index (χ0) is 32.0. The first-order valence-corrected chi connectivity index (χ1v) is 14.4. The largest absolute Gasteiger partial charge is 0.434 e. The Balaban J connectivity index is 1.35. The Hall–Kier alpha value is -4.66. The number of nitrogens with one attached hydrogen (secondary N) is 2. The van der Waals surface area contributed by atoms with Gasteiger partial charge in [0, 0.05) is 52.0 Å². The fraction of sp³-hybridized carbons (Fsp3) is 0.464. The highest BCUT2D eigenvalue weighted by Crippen LogP contribution is 2.33. The number of ether oxygens (including phenoxy) is 1. The van der Waals surface area contributed by atoms with E-state index in [0.29, 0.717) is 50.4 Å². The van der Waals surface area contributed by atoms with Gasteiger partial charge in [-0.1, -0.05) is 5.21 Å². The molecule has 0 unspecified atom stereocenters. The van der Waals surface area contributed by atoms with Crippen LogP contribution in [0.3, 0.4) is 0 Å². The molecule has 2 aliphatic rings. The maximum Gasteiger partial charge on any atom is 0.434 e. The summed E-state index contributed by atoms with van der Waals surface area (Å²) in [5, 5.41) is 22.4. The number of likely N-dealkylation sites (N-methyl/N-ethyl adjacent to an activating group) is 1. The maximum absolute atomic E-state index is 13.8. The van der Waals surface area contributed by atoms with E-state index >= 15 is 0 Å². The van der Waals surface area contributed by atoms with Crippen LogP contribution in [0.4, 0.5) is 24.5 Å². The first kappa shape index (κ1) is 31.8. The fourth-order valence-corrected chi connectivity index (χ4v) is 5.01. The van der Waals surface area contributed by atoms with Crippen molar-refractivity contribution >= 4 is 23.2 Å². The monoisotopic (exact) mass is 627 g/mol. The van der Waals surface area contributed by atoms with Crippen LogP contribution in [0, 0.1) is 11.3 Å². The van der Waals surface area contributed by atoms with E-state index < -0.39 is 35.1 Å². The van der Waals surface area contributed by atoms with Gasteiger partial charge in [-0.2, -0.15) is 18.4 Å². The highest BCUT2D eigenvalue weighted by atomic mass is 19.4. The lowest BCUT2D eigenvalue weighted by Crippen LogP contribution is -2.44. The Morgan fingerprint density at radius 1 is 1.09 bits per heavy atom. The minimum absolute atomic E-state index is 0.0830. The van der Waals surface area contributed by atoms with E-state index in [-0.39, 0.29) is 11.4 Å². The molecule has 0 spiro atoms. The minimum atomic E-state index is -5.00. The molecule has 5 rings (SSSR count). The van der Waals surface area contributed by atoms with Crippen LogP contribution in [0.15, 0.2) is 30.6 Å². The SMILES string of the molecule is CN1CCN(c2ccc(-n3cc(C(=O)NCCCN4CCOCC4)nn3)cc2NC(=O)c2cnc(C#N)nc2C(F)(F)F)CC1. The zero-order valence-corrected chi connectivity index (χ0v) is 24.5. The average Bonchev–Trinajstić information content (AvgIpc) is 3.54. The summed E-state index contributed by atoms with van der Waals surface area (Å²) < 4.78 is 48.0. The highest BCUT2D eigenvalue weighted by Gasteiger charge is 2.38. The molecule has 0 saturated carbocycles. The molecule has 45 heavy (non-hydrogen) atoms. The van der Waals surface area contributed by atoms with Crippen molar-refractivity contribution in [1.82, 2.24) is 40.1 Å². The number of nitriles is 1. The van der Waals surface area contributed by atoms with Crippen LogP contribution >= 0.6 is 0 Å². The summed E-state index contributed by atoms with van der Waals surface area (Å²) in [6.45, 7) is 7.14. The molecule has 4 heterocycles. The Kier molecular flexibility index (Phi) is 9.86. The van der Waals surface area contributed by atoms with Gasteiger partial charge in [-0.25, -0.2) is 14.6 Å². The summed E-state index contributed by atoms with van der Waals surface area (Å²) in [6.07, 6.45) is -2.11. The number of carbonyl (C=O) groups excluding carboxylic acids is 2. The molecule has 0 radical (unpaired) electrons. The third-order valence-electron chi connectivity index (χ3n) is 7.51. The van der Waals surface area contributed by atoms with E-state index in [0.717, 1.165) is 39.1 Å². The lowest BCUT2D eigenvalue weighted by molar-refractivity contribution is -0.141. The van der Waals surface area contributed by atoms with Crippen LogP contribution in [-0.4, -0.2) is 119 Å². The van der Waals surface area contributed by atoms with Gasteiger partial charge < -0.3 is 25.2 Å². The van der Waals surface area contributed by atoms with Gasteiger partial charge in [0.25, 0.3) is 11.8 Å². The average molecular weight is 628 g/mol. The van der Waals surface area contributed by atoms with Gasteiger partial charge in [-0.15, -0.1) is 5.10 Å². The number of hydrogen-bond donors (Lipinski definition) is 2. The molecule has 14 nitrogen and oxygen atoms in total. The Morgan fingerprint density at radius 3 is 2.56 bits per heavy atom. The second kappa shape index (κ2) is 14.0. The van der Waals surface area contributed by atoms with Crippen LogP contribution in [0.2, 0.25) is 0 Å². The van der Waals surface area contributed by atoms with E-state index in [1.165, 1.54) is 16.9 Å². The van der Waals surface area contributed by atoms with Crippen LogP contribution < -0.4 is 15.5 Å². The van der Waals surface area contributed by atoms with Crippen molar-refractivity contribution in [3.63, 3.8) is 0 Å². The van der Waals surface area contributed by atoms with Gasteiger partial charge >= 0.3 is 6.18 Å². The molecule has 3 aromatic rings. The van der Waals surface area contributed by atoms with Crippen molar-refractivity contribution in [1.29, 1.82) is 5.26 Å². The molecule has 0 atom stereocenters. The summed E-state index contributed by atoms with van der Waals surface area (Å²) in [4.78, 5) is 39.2. The quantitative estimate of drug-likeness (QED) is 0.331. The Labute approximate surface area is 256 Å². The van der Waals surface area contributed by atoms with Gasteiger partial charge in [0.05, 0.1) is 42.0 Å². The molecule has 0 aliphatic carbocycles. The molecule has 2 N–H and O–H groups in total. The number of piperazine rings is 1. The van der Waals surface area contributed by atoms with Crippen LogP contribution in [0.5, 0.6) is 0 Å². The van der Waals surface area contributed by atoms with E-state index in [4.69, 9.17) is 10.00 Å². The molecule has 238 valence electrons. The van der Waals surface area contributed by atoms with E-state index in [1.807, 2.05) is 11.9 Å². The van der Waals surface area contributed by atoms with Gasteiger partial charge in [-0.3, -0.25) is 14.5 Å². The number of alkyl halides is 3. The van der Waals surface area contributed by atoms with E-state index in [2.05, 4.69) is 40.7 Å². The van der Waals surface area contributed by atoms with E-state index in [1.54, 1.807) is 18.2 Å². The second-order valence-corrected chi connectivity index (χ2v) is 10.6. The maximum atomic E-state index is 13.8. The number of hydrogen-bond acceptors (Lipinski definition) is 11. The molecule has 17 heteroatoms. The number of halogens is 3. The predicted octanol–water partition coefficient (Wildman–Crippen LogP) is 1.40. The van der Waals surface area contributed by atoms with Crippen molar-refractivity contribution < 1.29 is 27.5 Å². The third kappa shape index (κ3) is 7.90. The summed E-state index contributed by atoms with van der Waals surface area (Å²) in [6, 6.07) is 6.44. The lowest BCUT2D eigenvalue weighted by atomic mass is 10.1. The summed E-state index contributed by atoms with van der Waals surface area (Å²) in [5.41, 5.74) is -1.05. The lowest BCUT2D eigenvalue weighted by Gasteiger charge is -2.35. The van der Waals surface area contributed by atoms with Crippen molar-refractivity contribution in [2.75, 3.05) is 82.8 Å². The molecule has 2 aromatic heterocycles. The zero-order valence-electron chi connectivity index (χ0n) is 24.5. The summed E-state index contributed by atoms with van der Waals surface area (Å²) in [7, 11) is 1.98. The summed E-state index contributed by atoms with van der Waals surface area (Å²) >= 11 is 0. The van der Waals surface area contributed by atoms with Crippen LogP contribution in [0.25, 0.3) is 5.69 Å². The first-order chi connectivity index (χ1) is 21.6. The van der Waals surface area contributed by atoms with Crippen molar-refractivity contribution in [3.05, 3.63) is 53.4 Å². The minimum Gasteiger partial charge on any atom is -0.379 e. The third-order valence-corrected chi connectivity index (χ3v) is 7.51. The number of aromatic nitrogens is 5. The van der Waals surface area contributed by atoms with Crippen molar-refractivity contribution in [3.8, 4) is 11.8 Å². The molecular formula is C28H32F3N11O3. The molecule has 1 aromatic carbocycles. The topological polar surface area (TPSA) is 157 Å². The number of carbonyl (C=O) groups is 2. The smallest absolute Gasteiger partial charge is 0.379 e. The molecule has 2 saturated heterocycles. The number of morpholine rings is 1. The highest BCUT2D eigenvalue weighted by molar-refractivity contribution is 6.06. The number of rotatable bonds is 9. The van der Waals surface area contributed by atoms with Gasteiger partial charge in [0.2, 0.25) is 5.82 Å². The summed E-state index contributed by atoms with van der Waals surface area (Å²) in [5.74, 6) is -2.21. The predicted molar refractivity (Wildman–Crippen MR) is 155 cm³/mol. The second-order valence-electron chi connectivity index (χ2n) is 10.6. The molecule has 0 bridgehead atoms. The number of amides is 2. The molecule has 2 aliphatic heterocycles. The number of benzene rings is 1. The van der Waals surface area contributed by atoms with Crippen molar-refractivity contribution in [2.24, 2.45) is 0 Å². The molecule has 2 amide bonds. The van der Waals surface area contributed by atoms with Crippen LogP contribution in [-0.2, 0) is 10.9 Å². The number of nitrogens with zero attached hydrogens (tertiary/aromatic N) is 9. The molecular weight excluding hydrogens is 595 g/mol. The van der Waals surface area contributed by atoms with Crippen LogP contribution in [0.1, 0.15) is 38.8 Å². The fourth-order valence-electron chi connectivity index (χ4n) is 5.01. The molecule has 2 fully saturated rings. The Morgan fingerprint density at radius 2 is 1.84 bits per heavy atom.